The second-order valence-corrected chi connectivity index (χ2v) is 4.08. The highest BCUT2D eigenvalue weighted by Gasteiger charge is 2.01. The predicted molar refractivity (Wildman–Crippen MR) is 56.9 cm³/mol. The molecule has 0 saturated heterocycles. The Kier molecular flexibility index (Phi) is 2.29. The summed E-state index contributed by atoms with van der Waals surface area (Å²) in [4.78, 5) is 4.40. The molecule has 1 heterocycles. The number of thiazole rings is 1. The predicted octanol–water partition coefficient (Wildman–Crippen LogP) is 2.32. The van der Waals surface area contributed by atoms with Crippen LogP contribution in [0.4, 0.5) is 0 Å². The molecular weight excluding hydrogens is 180 g/mol. The highest BCUT2D eigenvalue weighted by Crippen LogP contribution is 2.22. The molecule has 0 aliphatic carbocycles. The number of fused-ring (bicyclic) bond motifs is 1. The summed E-state index contributed by atoms with van der Waals surface area (Å²) in [5, 5.41) is 1.02. The first kappa shape index (κ1) is 8.66. The molecule has 0 saturated carbocycles. The Bertz CT molecular complexity index is 418. The van der Waals surface area contributed by atoms with Crippen molar-refractivity contribution in [1.29, 1.82) is 0 Å². The maximum Gasteiger partial charge on any atom is 0.107 e. The van der Waals surface area contributed by atoms with Gasteiger partial charge in [-0.3, -0.25) is 0 Å². The van der Waals surface area contributed by atoms with Crippen molar-refractivity contribution in [2.24, 2.45) is 5.73 Å². The number of aryl methyl sites for hydroxylation is 1. The fraction of sp³-hybridized carbons (Fsp3) is 0.300. The molecule has 1 aromatic carbocycles. The van der Waals surface area contributed by atoms with E-state index in [0.717, 1.165) is 16.9 Å². The summed E-state index contributed by atoms with van der Waals surface area (Å²) < 4.78 is 1.25. The molecule has 68 valence electrons. The molecule has 0 aliphatic heterocycles. The van der Waals surface area contributed by atoms with E-state index in [-0.39, 0.29) is 0 Å². The molecule has 3 heteroatoms. The molecule has 0 radical (unpaired) electrons. The van der Waals surface area contributed by atoms with Crippen LogP contribution < -0.4 is 5.73 Å². The highest BCUT2D eigenvalue weighted by molar-refractivity contribution is 7.18. The molecule has 2 aromatic rings. The number of benzene rings is 1. The quantitative estimate of drug-likeness (QED) is 0.793. The average Bonchev–Trinajstić information content (AvgIpc) is 2.58. The van der Waals surface area contributed by atoms with Gasteiger partial charge in [0.1, 0.15) is 5.01 Å². The Hall–Kier alpha value is -0.930. The molecule has 13 heavy (non-hydrogen) atoms. The van der Waals surface area contributed by atoms with Gasteiger partial charge in [0.15, 0.2) is 0 Å². The standard InChI is InChI=1S/C10H12N2S/c1-2-7-3-4-8-9(5-7)13-10(6-11)12-8/h3-5H,2,6,11H2,1H3. The first-order valence-corrected chi connectivity index (χ1v) is 5.23. The molecule has 1 aromatic heterocycles. The van der Waals surface area contributed by atoms with Gasteiger partial charge in [-0.05, 0) is 24.1 Å². The van der Waals surface area contributed by atoms with Gasteiger partial charge >= 0.3 is 0 Å². The molecule has 0 spiro atoms. The zero-order valence-corrected chi connectivity index (χ0v) is 8.40. The molecule has 2 N–H and O–H groups in total. The monoisotopic (exact) mass is 192 g/mol. The molecular formula is C10H12N2S. The van der Waals surface area contributed by atoms with E-state index < -0.39 is 0 Å². The van der Waals surface area contributed by atoms with Gasteiger partial charge in [0, 0.05) is 6.54 Å². The van der Waals surface area contributed by atoms with E-state index in [1.54, 1.807) is 11.3 Å². The van der Waals surface area contributed by atoms with E-state index in [1.807, 2.05) is 0 Å². The number of nitrogens with two attached hydrogens (primary N) is 1. The summed E-state index contributed by atoms with van der Waals surface area (Å²) in [6.07, 6.45) is 1.08. The fourth-order valence-electron chi connectivity index (χ4n) is 1.32. The minimum atomic E-state index is 0.542. The smallest absolute Gasteiger partial charge is 0.107 e. The summed E-state index contributed by atoms with van der Waals surface area (Å²) >= 11 is 1.69. The van der Waals surface area contributed by atoms with Gasteiger partial charge in [0.05, 0.1) is 10.2 Å². The number of hydrogen-bond donors (Lipinski definition) is 1. The number of nitrogens with zero attached hydrogens (tertiary/aromatic N) is 1. The zero-order chi connectivity index (χ0) is 9.26. The molecule has 0 amide bonds. The minimum Gasteiger partial charge on any atom is -0.325 e. The number of rotatable bonds is 2. The topological polar surface area (TPSA) is 38.9 Å². The van der Waals surface area contributed by atoms with Crippen molar-refractivity contribution in [1.82, 2.24) is 4.98 Å². The molecule has 0 unspecified atom stereocenters. The average molecular weight is 192 g/mol. The van der Waals surface area contributed by atoms with E-state index in [4.69, 9.17) is 5.73 Å². The van der Waals surface area contributed by atoms with Gasteiger partial charge in [-0.1, -0.05) is 13.0 Å². The summed E-state index contributed by atoms with van der Waals surface area (Å²) in [5.41, 5.74) is 7.96. The summed E-state index contributed by atoms with van der Waals surface area (Å²) in [6.45, 7) is 2.70. The summed E-state index contributed by atoms with van der Waals surface area (Å²) in [7, 11) is 0. The van der Waals surface area contributed by atoms with Crippen LogP contribution in [-0.2, 0) is 13.0 Å². The van der Waals surface area contributed by atoms with Crippen LogP contribution in [0.3, 0.4) is 0 Å². The Morgan fingerprint density at radius 1 is 1.46 bits per heavy atom. The van der Waals surface area contributed by atoms with Gasteiger partial charge in [-0.2, -0.15) is 0 Å². The number of aromatic nitrogens is 1. The Balaban J connectivity index is 2.57. The van der Waals surface area contributed by atoms with E-state index >= 15 is 0 Å². The van der Waals surface area contributed by atoms with Crippen LogP contribution >= 0.6 is 11.3 Å². The Morgan fingerprint density at radius 3 is 3.00 bits per heavy atom. The lowest BCUT2D eigenvalue weighted by Crippen LogP contribution is -1.93. The zero-order valence-electron chi connectivity index (χ0n) is 7.58. The highest BCUT2D eigenvalue weighted by atomic mass is 32.1. The second kappa shape index (κ2) is 3.44. The lowest BCUT2D eigenvalue weighted by atomic mass is 10.2. The van der Waals surface area contributed by atoms with Crippen LogP contribution in [-0.4, -0.2) is 4.98 Å². The van der Waals surface area contributed by atoms with E-state index in [1.165, 1.54) is 10.3 Å². The van der Waals surface area contributed by atoms with Crippen molar-refractivity contribution in [2.45, 2.75) is 19.9 Å². The van der Waals surface area contributed by atoms with Gasteiger partial charge in [0.25, 0.3) is 0 Å². The number of hydrogen-bond acceptors (Lipinski definition) is 3. The largest absolute Gasteiger partial charge is 0.325 e. The van der Waals surface area contributed by atoms with Crippen molar-refractivity contribution in [2.75, 3.05) is 0 Å². The molecule has 0 bridgehead atoms. The molecule has 2 nitrogen and oxygen atoms in total. The van der Waals surface area contributed by atoms with Gasteiger partial charge in [-0.25, -0.2) is 4.98 Å². The molecule has 0 atom stereocenters. The summed E-state index contributed by atoms with van der Waals surface area (Å²) in [6, 6.07) is 6.40. The molecule has 0 aliphatic rings. The maximum atomic E-state index is 5.53. The molecule has 0 fully saturated rings. The van der Waals surface area contributed by atoms with E-state index in [9.17, 15) is 0 Å². The van der Waals surface area contributed by atoms with Crippen molar-refractivity contribution in [3.8, 4) is 0 Å². The third-order valence-electron chi connectivity index (χ3n) is 2.08. The van der Waals surface area contributed by atoms with Gasteiger partial charge in [0.2, 0.25) is 0 Å². The Labute approximate surface area is 81.4 Å². The van der Waals surface area contributed by atoms with Gasteiger partial charge in [-0.15, -0.1) is 11.3 Å². The lowest BCUT2D eigenvalue weighted by molar-refractivity contribution is 1.05. The Morgan fingerprint density at radius 2 is 2.31 bits per heavy atom. The summed E-state index contributed by atoms with van der Waals surface area (Å²) in [5.74, 6) is 0. The second-order valence-electron chi connectivity index (χ2n) is 2.97. The fourth-order valence-corrected chi connectivity index (χ4v) is 2.23. The van der Waals surface area contributed by atoms with Gasteiger partial charge < -0.3 is 5.73 Å². The first-order chi connectivity index (χ1) is 6.33. The van der Waals surface area contributed by atoms with Crippen LogP contribution in [0.25, 0.3) is 10.2 Å². The van der Waals surface area contributed by atoms with Crippen molar-refractivity contribution in [3.63, 3.8) is 0 Å². The first-order valence-electron chi connectivity index (χ1n) is 4.42. The van der Waals surface area contributed by atoms with Crippen LogP contribution in [0, 0.1) is 0 Å². The third kappa shape index (κ3) is 1.57. The van der Waals surface area contributed by atoms with Crippen LogP contribution in [0.2, 0.25) is 0 Å². The minimum absolute atomic E-state index is 0.542. The van der Waals surface area contributed by atoms with E-state index in [0.29, 0.717) is 6.54 Å². The normalized spacial score (nSPS) is 10.9. The van der Waals surface area contributed by atoms with Crippen LogP contribution in [0.1, 0.15) is 17.5 Å². The van der Waals surface area contributed by atoms with Crippen LogP contribution in [0.15, 0.2) is 18.2 Å². The van der Waals surface area contributed by atoms with E-state index in [2.05, 4.69) is 30.1 Å². The van der Waals surface area contributed by atoms with Crippen molar-refractivity contribution in [3.05, 3.63) is 28.8 Å². The van der Waals surface area contributed by atoms with Crippen molar-refractivity contribution < 1.29 is 0 Å². The lowest BCUT2D eigenvalue weighted by Gasteiger charge is -1.93. The maximum absolute atomic E-state index is 5.53. The SMILES string of the molecule is CCc1ccc2nc(CN)sc2c1. The third-order valence-corrected chi connectivity index (χ3v) is 3.12. The molecule has 2 rings (SSSR count). The van der Waals surface area contributed by atoms with Crippen molar-refractivity contribution >= 4 is 21.6 Å². The van der Waals surface area contributed by atoms with Crippen LogP contribution in [0.5, 0.6) is 0 Å².